The van der Waals surface area contributed by atoms with E-state index in [2.05, 4.69) is 105 Å². The van der Waals surface area contributed by atoms with Crippen LogP contribution in [-0.2, 0) is 10.7 Å². The molecular weight excluding hydrogens is 400 g/mol. The maximum Gasteiger partial charge on any atom is 0.0292 e. The summed E-state index contributed by atoms with van der Waals surface area (Å²) >= 11 is 7.37. The van der Waals surface area contributed by atoms with E-state index >= 15 is 0 Å². The Morgan fingerprint density at radius 2 is 0.864 bits per heavy atom. The first-order valence-corrected chi connectivity index (χ1v) is 9.47. The minimum absolute atomic E-state index is 0.846. The minimum atomic E-state index is 0.846. The van der Waals surface area contributed by atoms with Gasteiger partial charge in [-0.1, -0.05) is 105 Å². The van der Waals surface area contributed by atoms with Crippen LogP contribution in [0.15, 0.2) is 72.8 Å². The number of benzene rings is 3. The Hall–Kier alpha value is -1.38. The van der Waals surface area contributed by atoms with Gasteiger partial charge in [0.25, 0.3) is 0 Å². The van der Waals surface area contributed by atoms with Crippen molar-refractivity contribution in [3.8, 4) is 22.3 Å². The maximum absolute atomic E-state index is 3.68. The Kier molecular flexibility index (Phi) is 5.12. The van der Waals surface area contributed by atoms with E-state index in [1.165, 1.54) is 33.4 Å². The summed E-state index contributed by atoms with van der Waals surface area (Å²) in [5.41, 5.74) is 7.82. The van der Waals surface area contributed by atoms with Gasteiger partial charge in [-0.3, -0.25) is 0 Å². The van der Waals surface area contributed by atoms with Crippen LogP contribution >= 0.6 is 31.9 Å². The molecule has 2 heteroatoms. The molecule has 0 unspecified atom stereocenters. The number of rotatable bonds is 4. The molecule has 22 heavy (non-hydrogen) atoms. The molecule has 0 atom stereocenters. The molecule has 0 aliphatic heterocycles. The van der Waals surface area contributed by atoms with Gasteiger partial charge in [0, 0.05) is 10.7 Å². The van der Waals surface area contributed by atoms with Gasteiger partial charge >= 0.3 is 0 Å². The maximum atomic E-state index is 3.68. The first-order valence-electron chi connectivity index (χ1n) is 7.22. The van der Waals surface area contributed by atoms with Crippen LogP contribution in [0.25, 0.3) is 22.3 Å². The lowest BCUT2D eigenvalue weighted by Crippen LogP contribution is -1.96. The lowest BCUT2D eigenvalue weighted by atomic mass is 9.91. The molecule has 0 radical (unpaired) electrons. The molecule has 0 amide bonds. The van der Waals surface area contributed by atoms with Crippen molar-refractivity contribution in [1.29, 1.82) is 0 Å². The third-order valence-electron chi connectivity index (χ3n) is 3.87. The van der Waals surface area contributed by atoms with Crippen molar-refractivity contribution < 1.29 is 0 Å². The molecule has 0 N–H and O–H groups in total. The summed E-state index contributed by atoms with van der Waals surface area (Å²) in [6.07, 6.45) is 0. The molecular formula is C20H16Br2. The Morgan fingerprint density at radius 3 is 1.18 bits per heavy atom. The average molecular weight is 416 g/mol. The van der Waals surface area contributed by atoms with Crippen LogP contribution in [0, 0.1) is 0 Å². The van der Waals surface area contributed by atoms with E-state index < -0.39 is 0 Å². The van der Waals surface area contributed by atoms with Gasteiger partial charge in [0.2, 0.25) is 0 Å². The molecule has 0 heterocycles. The summed E-state index contributed by atoms with van der Waals surface area (Å²) in [6.45, 7) is 0. The van der Waals surface area contributed by atoms with Crippen molar-refractivity contribution in [2.45, 2.75) is 10.7 Å². The van der Waals surface area contributed by atoms with Crippen molar-refractivity contribution in [3.63, 3.8) is 0 Å². The van der Waals surface area contributed by atoms with Crippen LogP contribution in [0.2, 0.25) is 0 Å². The smallest absolute Gasteiger partial charge is 0.0292 e. The molecule has 0 saturated heterocycles. The summed E-state index contributed by atoms with van der Waals surface area (Å²) in [5, 5.41) is 1.69. The van der Waals surface area contributed by atoms with Crippen LogP contribution in [0.1, 0.15) is 11.1 Å². The highest BCUT2D eigenvalue weighted by Gasteiger charge is 2.14. The predicted octanol–water partition coefficient (Wildman–Crippen LogP) is 6.81. The molecule has 0 aliphatic carbocycles. The zero-order valence-electron chi connectivity index (χ0n) is 12.1. The highest BCUT2D eigenvalue weighted by molar-refractivity contribution is 9.09. The summed E-state index contributed by atoms with van der Waals surface area (Å²) in [7, 11) is 0. The number of alkyl halides is 2. The largest absolute Gasteiger partial charge is 0.0876 e. The van der Waals surface area contributed by atoms with Crippen molar-refractivity contribution in [3.05, 3.63) is 83.9 Å². The van der Waals surface area contributed by atoms with Crippen LogP contribution in [-0.4, -0.2) is 0 Å². The second-order valence-electron chi connectivity index (χ2n) is 5.12. The second kappa shape index (κ2) is 7.26. The Labute approximate surface area is 148 Å². The van der Waals surface area contributed by atoms with Gasteiger partial charge in [-0.2, -0.15) is 0 Å². The first kappa shape index (κ1) is 15.5. The predicted molar refractivity (Wildman–Crippen MR) is 103 cm³/mol. The fraction of sp³-hybridized carbons (Fsp3) is 0.100. The van der Waals surface area contributed by atoms with Gasteiger partial charge in [-0.25, -0.2) is 0 Å². The van der Waals surface area contributed by atoms with Gasteiger partial charge in [-0.15, -0.1) is 0 Å². The van der Waals surface area contributed by atoms with Crippen LogP contribution in [0.3, 0.4) is 0 Å². The lowest BCUT2D eigenvalue weighted by molar-refractivity contribution is 1.30. The van der Waals surface area contributed by atoms with Gasteiger partial charge < -0.3 is 0 Å². The molecule has 0 fully saturated rings. The fourth-order valence-electron chi connectivity index (χ4n) is 2.77. The summed E-state index contributed by atoms with van der Waals surface area (Å²) in [4.78, 5) is 0. The third-order valence-corrected chi connectivity index (χ3v) is 4.99. The summed E-state index contributed by atoms with van der Waals surface area (Å²) in [5.74, 6) is 0. The molecule has 3 aromatic rings. The van der Waals surface area contributed by atoms with Gasteiger partial charge in [0.05, 0.1) is 0 Å². The van der Waals surface area contributed by atoms with Crippen molar-refractivity contribution >= 4 is 31.9 Å². The SMILES string of the molecule is BrCc1c(-c2ccccc2)ccc(-c2ccccc2)c1CBr. The summed E-state index contributed by atoms with van der Waals surface area (Å²) in [6, 6.07) is 25.6. The normalized spacial score (nSPS) is 10.6. The lowest BCUT2D eigenvalue weighted by Gasteiger charge is -2.17. The number of hydrogen-bond acceptors (Lipinski definition) is 0. The molecule has 0 saturated carbocycles. The van der Waals surface area contributed by atoms with Crippen molar-refractivity contribution in [2.75, 3.05) is 0 Å². The van der Waals surface area contributed by atoms with Crippen molar-refractivity contribution in [2.24, 2.45) is 0 Å². The minimum Gasteiger partial charge on any atom is -0.0876 e. The first-order chi connectivity index (χ1) is 10.8. The topological polar surface area (TPSA) is 0 Å². The zero-order chi connectivity index (χ0) is 15.4. The van der Waals surface area contributed by atoms with Gasteiger partial charge in [0.1, 0.15) is 0 Å². The monoisotopic (exact) mass is 414 g/mol. The number of halogens is 2. The van der Waals surface area contributed by atoms with E-state index in [0.717, 1.165) is 10.7 Å². The van der Waals surface area contributed by atoms with E-state index in [0.29, 0.717) is 0 Å². The van der Waals surface area contributed by atoms with Crippen molar-refractivity contribution in [1.82, 2.24) is 0 Å². The Balaban J connectivity index is 2.21. The van der Waals surface area contributed by atoms with E-state index in [-0.39, 0.29) is 0 Å². The zero-order valence-corrected chi connectivity index (χ0v) is 15.3. The van der Waals surface area contributed by atoms with Gasteiger partial charge in [0.15, 0.2) is 0 Å². The highest BCUT2D eigenvalue weighted by Crippen LogP contribution is 2.36. The molecule has 0 bridgehead atoms. The quantitative estimate of drug-likeness (QED) is 0.410. The fourth-order valence-corrected chi connectivity index (χ4v) is 4.06. The molecule has 0 aromatic heterocycles. The van der Waals surface area contributed by atoms with E-state index in [9.17, 15) is 0 Å². The van der Waals surface area contributed by atoms with Crippen LogP contribution in [0.5, 0.6) is 0 Å². The van der Waals surface area contributed by atoms with Crippen LogP contribution in [0.4, 0.5) is 0 Å². The van der Waals surface area contributed by atoms with Crippen LogP contribution < -0.4 is 0 Å². The second-order valence-corrected chi connectivity index (χ2v) is 6.24. The summed E-state index contributed by atoms with van der Waals surface area (Å²) < 4.78 is 0. The van der Waals surface area contributed by atoms with E-state index in [1.807, 2.05) is 0 Å². The molecule has 0 aliphatic rings. The average Bonchev–Trinajstić information content (AvgIpc) is 2.61. The standard InChI is InChI=1S/C20H16Br2/c21-13-19-17(15-7-3-1-4-8-15)11-12-18(20(19)14-22)16-9-5-2-6-10-16/h1-12H,13-14H2. The third kappa shape index (κ3) is 3.04. The molecule has 3 aromatic carbocycles. The highest BCUT2D eigenvalue weighted by atomic mass is 79.9. The van der Waals surface area contributed by atoms with E-state index in [1.54, 1.807) is 0 Å². The Morgan fingerprint density at radius 1 is 0.500 bits per heavy atom. The molecule has 110 valence electrons. The Bertz CT molecular complexity index is 683. The van der Waals surface area contributed by atoms with E-state index in [4.69, 9.17) is 0 Å². The number of hydrogen-bond donors (Lipinski definition) is 0. The molecule has 0 nitrogen and oxygen atoms in total. The van der Waals surface area contributed by atoms with Gasteiger partial charge in [-0.05, 0) is 33.4 Å². The molecule has 0 spiro atoms. The molecule has 3 rings (SSSR count).